The average Bonchev–Trinajstić information content (AvgIpc) is 2.83. The van der Waals surface area contributed by atoms with Gasteiger partial charge in [0.15, 0.2) is 9.84 Å². The molecule has 3 unspecified atom stereocenters. The summed E-state index contributed by atoms with van der Waals surface area (Å²) in [6.45, 7) is 5.13. The Labute approximate surface area is 128 Å². The zero-order chi connectivity index (χ0) is 14.6. The Bertz CT molecular complexity index is 400. The molecule has 20 heavy (non-hydrogen) atoms. The Morgan fingerprint density at radius 2 is 2.15 bits per heavy atom. The van der Waals surface area contributed by atoms with Gasteiger partial charge in [0.05, 0.1) is 0 Å². The molecular weight excluding hydrogens is 292 g/mol. The van der Waals surface area contributed by atoms with Crippen molar-refractivity contribution in [1.29, 1.82) is 0 Å². The van der Waals surface area contributed by atoms with Crippen molar-refractivity contribution < 1.29 is 8.42 Å². The van der Waals surface area contributed by atoms with Crippen molar-refractivity contribution >= 4 is 21.6 Å². The highest BCUT2D eigenvalue weighted by Gasteiger charge is 2.35. The summed E-state index contributed by atoms with van der Waals surface area (Å²) < 4.78 is 23.9. The maximum Gasteiger partial charge on any atom is 0.164 e. The average molecular weight is 321 g/mol. The van der Waals surface area contributed by atoms with Crippen LogP contribution in [0.4, 0.5) is 0 Å². The third kappa shape index (κ3) is 4.36. The first-order valence-corrected chi connectivity index (χ1v) is 10.9. The molecule has 4 nitrogen and oxygen atoms in total. The molecule has 2 aliphatic rings. The van der Waals surface area contributed by atoms with Gasteiger partial charge in [-0.2, -0.15) is 11.8 Å². The fourth-order valence-corrected chi connectivity index (χ4v) is 6.33. The van der Waals surface area contributed by atoms with Crippen LogP contribution < -0.4 is 5.32 Å². The summed E-state index contributed by atoms with van der Waals surface area (Å²) in [6.07, 6.45) is 6.31. The smallest absolute Gasteiger partial charge is 0.164 e. The monoisotopic (exact) mass is 320 g/mol. The van der Waals surface area contributed by atoms with E-state index in [9.17, 15) is 8.42 Å². The molecule has 1 N–H and O–H groups in total. The van der Waals surface area contributed by atoms with Crippen molar-refractivity contribution in [3.05, 3.63) is 0 Å². The maximum atomic E-state index is 12.0. The minimum absolute atomic E-state index is 0.270. The molecule has 118 valence electrons. The van der Waals surface area contributed by atoms with Crippen LogP contribution in [0, 0.1) is 5.92 Å². The van der Waals surface area contributed by atoms with E-state index in [1.165, 1.54) is 25.5 Å². The number of rotatable bonds is 6. The van der Waals surface area contributed by atoms with Crippen LogP contribution in [0.2, 0.25) is 0 Å². The Morgan fingerprint density at radius 1 is 1.35 bits per heavy atom. The van der Waals surface area contributed by atoms with Crippen LogP contribution in [-0.2, 0) is 9.84 Å². The van der Waals surface area contributed by atoms with Crippen LogP contribution in [0.3, 0.4) is 0 Å². The van der Waals surface area contributed by atoms with Crippen LogP contribution in [0.1, 0.15) is 32.6 Å². The standard InChI is InChI=1S/C14H28N2O2S2/c1-3-7-15-13-6-4-5-12(13)10-16-8-9-19-11-14(16)20(2,17)18/h12-15H,3-11H2,1-2H3. The SMILES string of the molecule is CCCNC1CCCC1CN1CCSCC1S(C)(=O)=O. The first-order chi connectivity index (χ1) is 9.52. The molecule has 0 spiro atoms. The Kier molecular flexibility index (Phi) is 6.20. The molecule has 1 aliphatic heterocycles. The number of nitrogens with one attached hydrogen (secondary N) is 1. The summed E-state index contributed by atoms with van der Waals surface area (Å²) in [4.78, 5) is 2.22. The van der Waals surface area contributed by atoms with Crippen molar-refractivity contribution in [2.75, 3.05) is 37.4 Å². The topological polar surface area (TPSA) is 49.4 Å². The predicted octanol–water partition coefficient (Wildman–Crippen LogP) is 1.57. The van der Waals surface area contributed by atoms with Crippen LogP contribution in [0.5, 0.6) is 0 Å². The summed E-state index contributed by atoms with van der Waals surface area (Å²) in [6, 6.07) is 0.588. The summed E-state index contributed by atoms with van der Waals surface area (Å²) in [5, 5.41) is 3.37. The number of hydrogen-bond donors (Lipinski definition) is 1. The Morgan fingerprint density at radius 3 is 2.85 bits per heavy atom. The number of hydrogen-bond acceptors (Lipinski definition) is 5. The molecule has 1 heterocycles. The van der Waals surface area contributed by atoms with Gasteiger partial charge >= 0.3 is 0 Å². The Hall–Kier alpha value is 0.220. The lowest BCUT2D eigenvalue weighted by molar-refractivity contribution is 0.210. The molecule has 2 rings (SSSR count). The lowest BCUT2D eigenvalue weighted by Crippen LogP contribution is -2.50. The Balaban J connectivity index is 1.96. The molecule has 3 atom stereocenters. The van der Waals surface area contributed by atoms with E-state index in [1.54, 1.807) is 11.8 Å². The van der Waals surface area contributed by atoms with Crippen molar-refractivity contribution in [2.45, 2.75) is 44.0 Å². The second-order valence-corrected chi connectivity index (χ2v) is 9.46. The third-order valence-electron chi connectivity index (χ3n) is 4.47. The lowest BCUT2D eigenvalue weighted by Gasteiger charge is -2.37. The molecule has 0 bridgehead atoms. The van der Waals surface area contributed by atoms with Crippen LogP contribution in [-0.4, -0.2) is 62.1 Å². The molecule has 1 saturated carbocycles. The van der Waals surface area contributed by atoms with Gasteiger partial charge in [-0.25, -0.2) is 8.42 Å². The third-order valence-corrected chi connectivity index (χ3v) is 7.16. The van der Waals surface area contributed by atoms with E-state index in [2.05, 4.69) is 17.1 Å². The van der Waals surface area contributed by atoms with E-state index >= 15 is 0 Å². The van der Waals surface area contributed by atoms with E-state index in [0.717, 1.165) is 37.6 Å². The first kappa shape index (κ1) is 16.6. The minimum atomic E-state index is -2.97. The van der Waals surface area contributed by atoms with Crippen molar-refractivity contribution in [3.8, 4) is 0 Å². The molecular formula is C14H28N2O2S2. The highest BCUT2D eigenvalue weighted by molar-refractivity contribution is 8.00. The van der Waals surface area contributed by atoms with Gasteiger partial charge < -0.3 is 5.32 Å². The molecule has 0 aromatic heterocycles. The minimum Gasteiger partial charge on any atom is -0.314 e. The molecule has 2 fully saturated rings. The highest BCUT2D eigenvalue weighted by Crippen LogP contribution is 2.29. The highest BCUT2D eigenvalue weighted by atomic mass is 32.2. The summed E-state index contributed by atoms with van der Waals surface area (Å²) in [5.41, 5.74) is 0. The first-order valence-electron chi connectivity index (χ1n) is 7.76. The maximum absolute atomic E-state index is 12.0. The van der Waals surface area contributed by atoms with Crippen LogP contribution in [0.25, 0.3) is 0 Å². The summed E-state index contributed by atoms with van der Waals surface area (Å²) >= 11 is 1.77. The van der Waals surface area contributed by atoms with Crippen LogP contribution >= 0.6 is 11.8 Å². The predicted molar refractivity (Wildman–Crippen MR) is 87.0 cm³/mol. The molecule has 1 saturated heterocycles. The van der Waals surface area contributed by atoms with E-state index in [-0.39, 0.29) is 5.37 Å². The molecule has 0 amide bonds. The number of sulfone groups is 1. The lowest BCUT2D eigenvalue weighted by atomic mass is 10.0. The molecule has 0 aromatic rings. The largest absolute Gasteiger partial charge is 0.314 e. The van der Waals surface area contributed by atoms with Gasteiger partial charge in [0.25, 0.3) is 0 Å². The van der Waals surface area contributed by atoms with Gasteiger partial charge in [-0.15, -0.1) is 0 Å². The summed E-state index contributed by atoms with van der Waals surface area (Å²) in [7, 11) is -2.97. The van der Waals surface area contributed by atoms with Crippen LogP contribution in [0.15, 0.2) is 0 Å². The number of nitrogens with zero attached hydrogens (tertiary/aromatic N) is 1. The fourth-order valence-electron chi connectivity index (χ4n) is 3.37. The quantitative estimate of drug-likeness (QED) is 0.805. The zero-order valence-corrected chi connectivity index (χ0v) is 14.3. The molecule has 0 aromatic carbocycles. The summed E-state index contributed by atoms with van der Waals surface area (Å²) in [5.74, 6) is 2.42. The molecule has 1 aliphatic carbocycles. The van der Waals surface area contributed by atoms with Crippen molar-refractivity contribution in [1.82, 2.24) is 10.2 Å². The second-order valence-electron chi connectivity index (χ2n) is 6.11. The van der Waals surface area contributed by atoms with Gasteiger partial charge in [-0.05, 0) is 31.7 Å². The van der Waals surface area contributed by atoms with Gasteiger partial charge in [-0.1, -0.05) is 13.3 Å². The number of thioether (sulfide) groups is 1. The normalized spacial score (nSPS) is 32.6. The van der Waals surface area contributed by atoms with Gasteiger partial charge in [0.2, 0.25) is 0 Å². The van der Waals surface area contributed by atoms with E-state index in [1.807, 2.05) is 0 Å². The van der Waals surface area contributed by atoms with E-state index in [4.69, 9.17) is 0 Å². The fraction of sp³-hybridized carbons (Fsp3) is 1.00. The van der Waals surface area contributed by atoms with Crippen molar-refractivity contribution in [2.24, 2.45) is 5.92 Å². The van der Waals surface area contributed by atoms with Gasteiger partial charge in [-0.3, -0.25) is 4.90 Å². The zero-order valence-electron chi connectivity index (χ0n) is 12.7. The van der Waals surface area contributed by atoms with E-state index < -0.39 is 9.84 Å². The van der Waals surface area contributed by atoms with E-state index in [0.29, 0.717) is 12.0 Å². The van der Waals surface area contributed by atoms with Gasteiger partial charge in [0.1, 0.15) is 5.37 Å². The molecule has 6 heteroatoms. The van der Waals surface area contributed by atoms with Gasteiger partial charge in [0, 0.05) is 36.9 Å². The van der Waals surface area contributed by atoms with Crippen molar-refractivity contribution in [3.63, 3.8) is 0 Å². The second kappa shape index (κ2) is 7.47. The molecule has 0 radical (unpaired) electrons.